The third-order valence-electron chi connectivity index (χ3n) is 7.25. The van der Waals surface area contributed by atoms with E-state index in [0.29, 0.717) is 11.8 Å². The molecule has 1 aromatic heterocycles. The van der Waals surface area contributed by atoms with Gasteiger partial charge in [0.05, 0.1) is 11.6 Å². The number of nitrogens with zero attached hydrogens (tertiary/aromatic N) is 1. The molecule has 28 heavy (non-hydrogen) atoms. The lowest BCUT2D eigenvalue weighted by molar-refractivity contribution is -0.149. The van der Waals surface area contributed by atoms with Crippen LogP contribution in [0.5, 0.6) is 0 Å². The van der Waals surface area contributed by atoms with E-state index in [9.17, 15) is 9.18 Å². The van der Waals surface area contributed by atoms with Crippen LogP contribution in [0.15, 0.2) is 24.3 Å². The van der Waals surface area contributed by atoms with E-state index in [4.69, 9.17) is 9.72 Å². The van der Waals surface area contributed by atoms with Gasteiger partial charge in [0, 0.05) is 28.3 Å². The molecule has 148 valence electrons. The molecule has 6 heteroatoms. The number of esters is 1. The number of hydrogen-bond donors (Lipinski definition) is 1. The third-order valence-corrected chi connectivity index (χ3v) is 8.24. The molecular weight excluding hydrogens is 375 g/mol. The number of carbonyl (C=O) groups excluding carboxylic acids is 1. The topological polar surface area (TPSA) is 51.2 Å². The fourth-order valence-corrected chi connectivity index (χ4v) is 7.07. The number of ether oxygens (including phenoxy) is 1. The summed E-state index contributed by atoms with van der Waals surface area (Å²) in [6.45, 7) is 6.61. The predicted molar refractivity (Wildman–Crippen MR) is 107 cm³/mol. The standard InChI is InChI=1S/C22H25FN2O2S/c1-11-15-8-9-22(3)10-16-18(12(2)17(22)19(15)27-20(11)26)25-21(28-16)24-14-6-4-13(23)5-7-14/h4-7,11-12,15,17,19H,8-10H2,1-3H3,(H,24,25)/t11-,12+,15-,17+,19+,22+/m0/s1. The van der Waals surface area contributed by atoms with E-state index in [-0.39, 0.29) is 35.1 Å². The molecule has 0 bridgehead atoms. The van der Waals surface area contributed by atoms with Crippen LogP contribution in [0.3, 0.4) is 0 Å². The minimum Gasteiger partial charge on any atom is -0.461 e. The van der Waals surface area contributed by atoms with Crippen molar-refractivity contribution >= 4 is 28.1 Å². The number of nitrogens with one attached hydrogen (secondary N) is 1. The van der Waals surface area contributed by atoms with Crippen LogP contribution in [0.25, 0.3) is 0 Å². The lowest BCUT2D eigenvalue weighted by Crippen LogP contribution is -2.50. The zero-order chi connectivity index (χ0) is 19.6. The van der Waals surface area contributed by atoms with E-state index in [1.54, 1.807) is 23.5 Å². The number of halogens is 1. The highest BCUT2D eigenvalue weighted by Gasteiger charge is 2.58. The molecule has 1 aromatic carbocycles. The maximum atomic E-state index is 13.2. The maximum Gasteiger partial charge on any atom is 0.309 e. The summed E-state index contributed by atoms with van der Waals surface area (Å²) < 4.78 is 19.1. The number of benzene rings is 1. The van der Waals surface area contributed by atoms with Gasteiger partial charge in [-0.1, -0.05) is 20.8 Å². The molecule has 2 aromatic rings. The molecule has 2 aliphatic carbocycles. The van der Waals surface area contributed by atoms with E-state index in [0.717, 1.165) is 35.8 Å². The Labute approximate surface area is 168 Å². The second-order valence-electron chi connectivity index (χ2n) is 9.00. The van der Waals surface area contributed by atoms with Crippen molar-refractivity contribution in [1.82, 2.24) is 4.98 Å². The number of thiazole rings is 1. The molecule has 6 atom stereocenters. The lowest BCUT2D eigenvalue weighted by Gasteiger charge is -2.51. The van der Waals surface area contributed by atoms with Crippen LogP contribution in [-0.2, 0) is 16.0 Å². The van der Waals surface area contributed by atoms with Crippen molar-refractivity contribution < 1.29 is 13.9 Å². The third kappa shape index (κ3) is 2.68. The largest absolute Gasteiger partial charge is 0.461 e. The minimum absolute atomic E-state index is 0.00860. The van der Waals surface area contributed by atoms with Crippen molar-refractivity contribution in [2.75, 3.05) is 5.32 Å². The quantitative estimate of drug-likeness (QED) is 0.697. The molecule has 1 aliphatic heterocycles. The van der Waals surface area contributed by atoms with Gasteiger partial charge in [-0.3, -0.25) is 4.79 Å². The summed E-state index contributed by atoms with van der Waals surface area (Å²) >= 11 is 1.70. The number of anilines is 2. The first kappa shape index (κ1) is 18.1. The summed E-state index contributed by atoms with van der Waals surface area (Å²) in [5, 5.41) is 4.16. The van der Waals surface area contributed by atoms with Crippen molar-refractivity contribution in [3.8, 4) is 0 Å². The molecule has 1 saturated heterocycles. The lowest BCUT2D eigenvalue weighted by atomic mass is 9.54. The molecule has 0 spiro atoms. The number of carbonyl (C=O) groups is 1. The maximum absolute atomic E-state index is 13.2. The first-order valence-corrected chi connectivity index (χ1v) is 10.9. The van der Waals surface area contributed by atoms with Gasteiger partial charge in [0.25, 0.3) is 0 Å². The van der Waals surface area contributed by atoms with E-state index in [1.165, 1.54) is 17.0 Å². The van der Waals surface area contributed by atoms with Gasteiger partial charge in [-0.25, -0.2) is 9.37 Å². The summed E-state index contributed by atoms with van der Waals surface area (Å²) in [5.41, 5.74) is 2.10. The number of fused-ring (bicyclic) bond motifs is 4. The van der Waals surface area contributed by atoms with E-state index < -0.39 is 0 Å². The zero-order valence-electron chi connectivity index (χ0n) is 16.4. The molecule has 0 amide bonds. The molecule has 0 unspecified atom stereocenters. The summed E-state index contributed by atoms with van der Waals surface area (Å²) in [6, 6.07) is 6.35. The fourth-order valence-electron chi connectivity index (χ4n) is 5.79. The molecule has 0 radical (unpaired) electrons. The highest BCUT2D eigenvalue weighted by atomic mass is 32.1. The first-order valence-electron chi connectivity index (χ1n) is 10.1. The van der Waals surface area contributed by atoms with Crippen molar-refractivity contribution in [3.63, 3.8) is 0 Å². The Morgan fingerprint density at radius 3 is 2.75 bits per heavy atom. The van der Waals surface area contributed by atoms with Gasteiger partial charge >= 0.3 is 5.97 Å². The number of hydrogen-bond acceptors (Lipinski definition) is 5. The van der Waals surface area contributed by atoms with Gasteiger partial charge in [-0.15, -0.1) is 11.3 Å². The Kier molecular flexibility index (Phi) is 4.06. The zero-order valence-corrected chi connectivity index (χ0v) is 17.2. The summed E-state index contributed by atoms with van der Waals surface area (Å²) in [6.07, 6.45) is 3.18. The highest BCUT2D eigenvalue weighted by molar-refractivity contribution is 7.15. The van der Waals surface area contributed by atoms with E-state index in [2.05, 4.69) is 19.2 Å². The molecule has 3 aliphatic rings. The fraction of sp³-hybridized carbons (Fsp3) is 0.545. The molecule has 5 rings (SSSR count). The molecule has 4 nitrogen and oxygen atoms in total. The Morgan fingerprint density at radius 2 is 2.00 bits per heavy atom. The number of aromatic nitrogens is 1. The summed E-state index contributed by atoms with van der Waals surface area (Å²) in [4.78, 5) is 18.5. The smallest absolute Gasteiger partial charge is 0.309 e. The average Bonchev–Trinajstić information content (AvgIpc) is 3.17. The van der Waals surface area contributed by atoms with Gasteiger partial charge in [-0.2, -0.15) is 0 Å². The van der Waals surface area contributed by atoms with Crippen LogP contribution in [0.2, 0.25) is 0 Å². The van der Waals surface area contributed by atoms with E-state index >= 15 is 0 Å². The van der Waals surface area contributed by atoms with Crippen LogP contribution in [0.4, 0.5) is 15.2 Å². The van der Waals surface area contributed by atoms with Gasteiger partial charge in [0.1, 0.15) is 11.9 Å². The van der Waals surface area contributed by atoms with Crippen molar-refractivity contribution in [3.05, 3.63) is 40.7 Å². The number of rotatable bonds is 2. The molecular formula is C22H25FN2O2S. The molecule has 2 heterocycles. The molecule has 1 N–H and O–H groups in total. The first-order chi connectivity index (χ1) is 13.4. The van der Waals surface area contributed by atoms with Crippen LogP contribution >= 0.6 is 11.3 Å². The van der Waals surface area contributed by atoms with Crippen LogP contribution in [0, 0.1) is 29.0 Å². The van der Waals surface area contributed by atoms with Gasteiger partial charge in [0.2, 0.25) is 0 Å². The minimum atomic E-state index is -0.246. The highest BCUT2D eigenvalue weighted by Crippen LogP contribution is 2.59. The van der Waals surface area contributed by atoms with Gasteiger partial charge < -0.3 is 10.1 Å². The Hall–Kier alpha value is -1.95. The van der Waals surface area contributed by atoms with Crippen molar-refractivity contribution in [2.24, 2.45) is 23.2 Å². The summed E-state index contributed by atoms with van der Waals surface area (Å²) in [5.74, 6) is 0.631. The van der Waals surface area contributed by atoms with Crippen molar-refractivity contribution in [1.29, 1.82) is 0 Å². The van der Waals surface area contributed by atoms with Gasteiger partial charge in [0.15, 0.2) is 5.13 Å². The van der Waals surface area contributed by atoms with E-state index in [1.807, 2.05) is 6.92 Å². The SMILES string of the molecule is C[C@@H]1C(=O)O[C@@H]2[C@H]1CC[C@]1(C)Cc3sc(Nc4ccc(F)cc4)nc3[C@H](C)[C@H]21. The Bertz CT molecular complexity index is 927. The van der Waals surface area contributed by atoms with Crippen LogP contribution < -0.4 is 5.32 Å². The average molecular weight is 401 g/mol. The molecule has 2 fully saturated rings. The molecule has 1 saturated carbocycles. The monoisotopic (exact) mass is 400 g/mol. The second-order valence-corrected chi connectivity index (χ2v) is 10.1. The predicted octanol–water partition coefficient (Wildman–Crippen LogP) is 5.28. The Morgan fingerprint density at radius 1 is 1.25 bits per heavy atom. The van der Waals surface area contributed by atoms with Crippen molar-refractivity contribution in [2.45, 2.75) is 52.1 Å². The normalized spacial score (nSPS) is 36.3. The van der Waals surface area contributed by atoms with Crippen LogP contribution in [-0.4, -0.2) is 17.1 Å². The Balaban J connectivity index is 1.46. The van der Waals surface area contributed by atoms with Gasteiger partial charge in [-0.05, 0) is 48.9 Å². The summed E-state index contributed by atoms with van der Waals surface area (Å²) in [7, 11) is 0. The second kappa shape index (κ2) is 6.28. The van der Waals surface area contributed by atoms with Crippen LogP contribution in [0.1, 0.15) is 50.1 Å².